The summed E-state index contributed by atoms with van der Waals surface area (Å²) in [4.78, 5) is 11.4. The molecule has 0 aliphatic carbocycles. The number of ether oxygens (including phenoxy) is 1. The minimum absolute atomic E-state index is 0.208. The number of aliphatic carboxylic acids is 1. The van der Waals surface area contributed by atoms with Crippen molar-refractivity contribution in [1.82, 2.24) is 4.72 Å². The summed E-state index contributed by atoms with van der Waals surface area (Å²) < 4.78 is 32.0. The Morgan fingerprint density at radius 1 is 1.33 bits per heavy atom. The molecule has 0 bridgehead atoms. The first-order valence-corrected chi connectivity index (χ1v) is 8.40. The van der Waals surface area contributed by atoms with Gasteiger partial charge < -0.3 is 9.84 Å². The normalized spacial score (nSPS) is 18.3. The summed E-state index contributed by atoms with van der Waals surface area (Å²) in [5.74, 6) is -1.29. The highest BCUT2D eigenvalue weighted by molar-refractivity contribution is 7.90. The van der Waals surface area contributed by atoms with Crippen molar-refractivity contribution < 1.29 is 23.1 Å². The van der Waals surface area contributed by atoms with E-state index in [-0.39, 0.29) is 10.6 Å². The van der Waals surface area contributed by atoms with Gasteiger partial charge in [-0.3, -0.25) is 4.79 Å². The summed E-state index contributed by atoms with van der Waals surface area (Å²) in [5.41, 5.74) is 0.224. The third-order valence-electron chi connectivity index (χ3n) is 3.35. The van der Waals surface area contributed by atoms with Crippen molar-refractivity contribution >= 4 is 27.6 Å². The van der Waals surface area contributed by atoms with E-state index in [9.17, 15) is 18.3 Å². The second-order valence-corrected chi connectivity index (χ2v) is 7.17. The van der Waals surface area contributed by atoms with Crippen LogP contribution in [0.5, 0.6) is 0 Å². The number of nitrogens with one attached hydrogen (secondary N) is 1. The summed E-state index contributed by atoms with van der Waals surface area (Å²) in [6.07, 6.45) is 0.703. The van der Waals surface area contributed by atoms with E-state index >= 15 is 0 Å². The molecular weight excluding hydrogens is 318 g/mol. The Balaban J connectivity index is 2.24. The van der Waals surface area contributed by atoms with Crippen molar-refractivity contribution in [2.75, 3.05) is 13.2 Å². The molecule has 1 fully saturated rings. The highest BCUT2D eigenvalue weighted by Gasteiger charge is 2.33. The molecule has 0 spiro atoms. The van der Waals surface area contributed by atoms with Gasteiger partial charge in [0.15, 0.2) is 0 Å². The van der Waals surface area contributed by atoms with E-state index in [0.29, 0.717) is 26.1 Å². The summed E-state index contributed by atoms with van der Waals surface area (Å²) in [7, 11) is -3.76. The molecule has 1 aromatic carbocycles. The topological polar surface area (TPSA) is 92.7 Å². The molecule has 21 heavy (non-hydrogen) atoms. The smallest absolute Gasteiger partial charge is 0.326 e. The van der Waals surface area contributed by atoms with E-state index in [1.165, 1.54) is 12.1 Å². The van der Waals surface area contributed by atoms with Crippen molar-refractivity contribution in [3.8, 4) is 0 Å². The highest BCUT2D eigenvalue weighted by Crippen LogP contribution is 2.25. The molecule has 0 aromatic heterocycles. The van der Waals surface area contributed by atoms with Crippen molar-refractivity contribution in [3.63, 3.8) is 0 Å². The van der Waals surface area contributed by atoms with Crippen LogP contribution in [-0.4, -0.2) is 38.0 Å². The molecule has 116 valence electrons. The second-order valence-electron chi connectivity index (χ2n) is 4.77. The standard InChI is InChI=1S/C13H16ClNO5S/c14-11-4-2-1-3-10(11)12(13(16)17)15-21(18,19)9-5-7-20-8-6-9/h1-4,9,12,15H,5-8H2,(H,16,17)/t12-/m1/s1. The number of carboxylic acid groups (broad SMARTS) is 1. The third kappa shape index (κ3) is 3.94. The number of carboxylic acids is 1. The van der Waals surface area contributed by atoms with E-state index in [1.54, 1.807) is 12.1 Å². The molecule has 0 radical (unpaired) electrons. The van der Waals surface area contributed by atoms with Crippen LogP contribution in [0.3, 0.4) is 0 Å². The van der Waals surface area contributed by atoms with Gasteiger partial charge in [-0.15, -0.1) is 0 Å². The lowest BCUT2D eigenvalue weighted by Crippen LogP contribution is -2.42. The van der Waals surface area contributed by atoms with E-state index in [0.717, 1.165) is 0 Å². The second kappa shape index (κ2) is 6.74. The first kappa shape index (κ1) is 16.2. The summed E-state index contributed by atoms with van der Waals surface area (Å²) in [6.45, 7) is 0.713. The Hall–Kier alpha value is -1.15. The Kier molecular flexibility index (Phi) is 5.21. The van der Waals surface area contributed by atoms with Gasteiger partial charge in [0.2, 0.25) is 10.0 Å². The van der Waals surface area contributed by atoms with Crippen LogP contribution in [0.1, 0.15) is 24.4 Å². The van der Waals surface area contributed by atoms with E-state index < -0.39 is 27.3 Å². The molecule has 0 saturated carbocycles. The zero-order valence-corrected chi connectivity index (χ0v) is 12.7. The fourth-order valence-corrected chi connectivity index (χ4v) is 4.01. The molecule has 2 N–H and O–H groups in total. The van der Waals surface area contributed by atoms with Gasteiger partial charge >= 0.3 is 5.97 Å². The zero-order chi connectivity index (χ0) is 15.5. The average Bonchev–Trinajstić information content (AvgIpc) is 2.46. The van der Waals surface area contributed by atoms with Crippen LogP contribution in [0.2, 0.25) is 5.02 Å². The fourth-order valence-electron chi connectivity index (χ4n) is 2.20. The lowest BCUT2D eigenvalue weighted by Gasteiger charge is -2.24. The summed E-state index contributed by atoms with van der Waals surface area (Å²) in [6, 6.07) is 4.88. The molecule has 1 aliphatic heterocycles. The molecule has 1 aromatic rings. The maximum absolute atomic E-state index is 12.3. The van der Waals surface area contributed by atoms with Crippen LogP contribution in [0.25, 0.3) is 0 Å². The molecule has 8 heteroatoms. The van der Waals surface area contributed by atoms with Crippen LogP contribution >= 0.6 is 11.6 Å². The molecular formula is C13H16ClNO5S. The Bertz CT molecular complexity index is 613. The van der Waals surface area contributed by atoms with Crippen molar-refractivity contribution in [2.24, 2.45) is 0 Å². The quantitative estimate of drug-likeness (QED) is 0.853. The van der Waals surface area contributed by atoms with E-state index in [4.69, 9.17) is 16.3 Å². The number of halogens is 1. The number of rotatable bonds is 5. The van der Waals surface area contributed by atoms with Crippen LogP contribution in [0, 0.1) is 0 Å². The fraction of sp³-hybridized carbons (Fsp3) is 0.462. The van der Waals surface area contributed by atoms with E-state index in [1.807, 2.05) is 0 Å². The number of benzene rings is 1. The van der Waals surface area contributed by atoms with Gasteiger partial charge in [-0.05, 0) is 24.5 Å². The zero-order valence-electron chi connectivity index (χ0n) is 11.2. The van der Waals surface area contributed by atoms with Crippen molar-refractivity contribution in [1.29, 1.82) is 0 Å². The highest BCUT2D eigenvalue weighted by atomic mass is 35.5. The molecule has 1 aliphatic rings. The lowest BCUT2D eigenvalue weighted by molar-refractivity contribution is -0.139. The average molecular weight is 334 g/mol. The van der Waals surface area contributed by atoms with Gasteiger partial charge in [-0.2, -0.15) is 4.72 Å². The largest absolute Gasteiger partial charge is 0.480 e. The Morgan fingerprint density at radius 3 is 2.52 bits per heavy atom. The molecule has 0 unspecified atom stereocenters. The molecule has 1 atom stereocenters. The first-order valence-electron chi connectivity index (χ1n) is 6.48. The maximum Gasteiger partial charge on any atom is 0.326 e. The number of sulfonamides is 1. The Labute approximate surface area is 128 Å². The minimum atomic E-state index is -3.76. The van der Waals surface area contributed by atoms with Gasteiger partial charge in [0.1, 0.15) is 6.04 Å². The lowest BCUT2D eigenvalue weighted by atomic mass is 10.1. The minimum Gasteiger partial charge on any atom is -0.480 e. The molecule has 1 saturated heterocycles. The van der Waals surface area contributed by atoms with Gasteiger partial charge in [0.05, 0.1) is 5.25 Å². The van der Waals surface area contributed by atoms with Crippen LogP contribution in [0.15, 0.2) is 24.3 Å². The van der Waals surface area contributed by atoms with Crippen LogP contribution in [0.4, 0.5) is 0 Å². The van der Waals surface area contributed by atoms with Crippen LogP contribution in [-0.2, 0) is 19.6 Å². The predicted molar refractivity (Wildman–Crippen MR) is 77.7 cm³/mol. The van der Waals surface area contributed by atoms with Crippen molar-refractivity contribution in [2.45, 2.75) is 24.1 Å². The van der Waals surface area contributed by atoms with Gasteiger partial charge in [-0.25, -0.2) is 8.42 Å². The van der Waals surface area contributed by atoms with Gasteiger partial charge in [0.25, 0.3) is 0 Å². The van der Waals surface area contributed by atoms with Gasteiger partial charge in [0, 0.05) is 18.2 Å². The summed E-state index contributed by atoms with van der Waals surface area (Å²) >= 11 is 5.96. The van der Waals surface area contributed by atoms with Crippen molar-refractivity contribution in [3.05, 3.63) is 34.9 Å². The predicted octanol–water partition coefficient (Wildman–Crippen LogP) is 1.56. The third-order valence-corrected chi connectivity index (χ3v) is 5.61. The molecule has 0 amide bonds. The molecule has 6 nitrogen and oxygen atoms in total. The van der Waals surface area contributed by atoms with Crippen LogP contribution < -0.4 is 4.72 Å². The van der Waals surface area contributed by atoms with E-state index in [2.05, 4.69) is 4.72 Å². The van der Waals surface area contributed by atoms with Gasteiger partial charge in [-0.1, -0.05) is 29.8 Å². The number of hydrogen-bond acceptors (Lipinski definition) is 4. The Morgan fingerprint density at radius 2 is 1.95 bits per heavy atom. The molecule has 1 heterocycles. The summed E-state index contributed by atoms with van der Waals surface area (Å²) in [5, 5.41) is 8.87. The first-order chi connectivity index (χ1) is 9.92. The SMILES string of the molecule is O=C(O)[C@H](NS(=O)(=O)C1CCOCC1)c1ccccc1Cl. The maximum atomic E-state index is 12.3. The molecule has 2 rings (SSSR count). The number of carbonyl (C=O) groups is 1. The monoisotopic (exact) mass is 333 g/mol. The number of hydrogen-bond donors (Lipinski definition) is 2.